The van der Waals surface area contributed by atoms with Gasteiger partial charge in [-0.25, -0.2) is 9.97 Å². The summed E-state index contributed by atoms with van der Waals surface area (Å²) in [7, 11) is 0. The molecule has 4 rings (SSSR count). The van der Waals surface area contributed by atoms with Crippen molar-refractivity contribution in [3.05, 3.63) is 70.2 Å². The number of rotatable bonds is 2. The van der Waals surface area contributed by atoms with Gasteiger partial charge < -0.3 is 0 Å². The molecule has 4 nitrogen and oxygen atoms in total. The molecule has 5 heteroatoms. The maximum absolute atomic E-state index is 12.7. The van der Waals surface area contributed by atoms with E-state index in [0.717, 1.165) is 21.3 Å². The first-order valence-electron chi connectivity index (χ1n) is 6.58. The van der Waals surface area contributed by atoms with Crippen LogP contribution in [-0.2, 0) is 6.54 Å². The first-order chi connectivity index (χ1) is 10.3. The van der Waals surface area contributed by atoms with E-state index in [0.29, 0.717) is 11.9 Å². The average molecular weight is 293 g/mol. The van der Waals surface area contributed by atoms with E-state index < -0.39 is 0 Å². The summed E-state index contributed by atoms with van der Waals surface area (Å²) in [5.41, 5.74) is 4.40. The minimum Gasteiger partial charge on any atom is -0.294 e. The topological polar surface area (TPSA) is 47.8 Å². The van der Waals surface area contributed by atoms with Gasteiger partial charge in [0.25, 0.3) is 5.56 Å². The molecule has 0 aliphatic rings. The molecule has 0 atom stereocenters. The second-order valence-corrected chi connectivity index (χ2v) is 5.68. The molecule has 0 saturated heterocycles. The smallest absolute Gasteiger partial charge is 0.263 e. The van der Waals surface area contributed by atoms with E-state index in [4.69, 9.17) is 0 Å². The standard InChI is InChI=1S/C16H11N3OS/c20-16-14-12(6-7-13-15(14)21-10-18-13)17-9-19(16)8-11-4-2-1-3-5-11/h1-7,9-10H,8H2. The van der Waals surface area contributed by atoms with E-state index in [2.05, 4.69) is 9.97 Å². The van der Waals surface area contributed by atoms with Crippen LogP contribution in [0.5, 0.6) is 0 Å². The normalized spacial score (nSPS) is 11.2. The van der Waals surface area contributed by atoms with E-state index in [-0.39, 0.29) is 5.56 Å². The Balaban J connectivity index is 1.95. The van der Waals surface area contributed by atoms with E-state index >= 15 is 0 Å². The summed E-state index contributed by atoms with van der Waals surface area (Å²) in [5.74, 6) is 0. The first kappa shape index (κ1) is 12.2. The maximum atomic E-state index is 12.7. The van der Waals surface area contributed by atoms with Crippen molar-refractivity contribution < 1.29 is 0 Å². The van der Waals surface area contributed by atoms with Crippen LogP contribution in [0, 0.1) is 0 Å². The fraction of sp³-hybridized carbons (Fsp3) is 0.0625. The van der Waals surface area contributed by atoms with Gasteiger partial charge in [0.2, 0.25) is 0 Å². The van der Waals surface area contributed by atoms with Gasteiger partial charge in [-0.3, -0.25) is 9.36 Å². The fourth-order valence-electron chi connectivity index (χ4n) is 2.45. The van der Waals surface area contributed by atoms with Gasteiger partial charge in [-0.15, -0.1) is 11.3 Å². The Kier molecular flexibility index (Phi) is 2.79. The molecule has 2 aromatic heterocycles. The number of aromatic nitrogens is 3. The van der Waals surface area contributed by atoms with Crippen LogP contribution in [0.3, 0.4) is 0 Å². The lowest BCUT2D eigenvalue weighted by atomic mass is 10.2. The molecule has 0 aliphatic carbocycles. The molecule has 2 heterocycles. The van der Waals surface area contributed by atoms with Crippen LogP contribution in [0.2, 0.25) is 0 Å². The van der Waals surface area contributed by atoms with Crippen molar-refractivity contribution in [3.8, 4) is 0 Å². The molecule has 0 saturated carbocycles. The van der Waals surface area contributed by atoms with Gasteiger partial charge in [-0.2, -0.15) is 0 Å². The summed E-state index contributed by atoms with van der Waals surface area (Å²) >= 11 is 1.48. The van der Waals surface area contributed by atoms with Gasteiger partial charge >= 0.3 is 0 Å². The summed E-state index contributed by atoms with van der Waals surface area (Å²) < 4.78 is 2.56. The SMILES string of the molecule is O=c1c2c(ccc3ncsc32)ncn1Cc1ccccc1. The number of hydrogen-bond donors (Lipinski definition) is 0. The maximum Gasteiger partial charge on any atom is 0.263 e. The van der Waals surface area contributed by atoms with E-state index in [1.807, 2.05) is 42.5 Å². The zero-order valence-electron chi connectivity index (χ0n) is 11.1. The van der Waals surface area contributed by atoms with Crippen LogP contribution in [0.25, 0.3) is 21.1 Å². The second kappa shape index (κ2) is 4.79. The van der Waals surface area contributed by atoms with Crippen molar-refractivity contribution in [2.24, 2.45) is 0 Å². The van der Waals surface area contributed by atoms with E-state index in [1.54, 1.807) is 16.4 Å². The molecule has 102 valence electrons. The highest BCUT2D eigenvalue weighted by Gasteiger charge is 2.10. The largest absolute Gasteiger partial charge is 0.294 e. The highest BCUT2D eigenvalue weighted by Crippen LogP contribution is 2.24. The summed E-state index contributed by atoms with van der Waals surface area (Å²) in [5, 5.41) is 0.661. The minimum absolute atomic E-state index is 0.0151. The molecule has 0 N–H and O–H groups in total. The lowest BCUT2D eigenvalue weighted by Crippen LogP contribution is -2.21. The molecule has 4 aromatic rings. The van der Waals surface area contributed by atoms with Crippen LogP contribution in [0.15, 0.2) is 59.1 Å². The van der Waals surface area contributed by atoms with Crippen LogP contribution < -0.4 is 5.56 Å². The number of hydrogen-bond acceptors (Lipinski definition) is 4. The molecule has 0 radical (unpaired) electrons. The molecule has 0 unspecified atom stereocenters. The van der Waals surface area contributed by atoms with Crippen LogP contribution >= 0.6 is 11.3 Å². The lowest BCUT2D eigenvalue weighted by Gasteiger charge is -2.07. The molecule has 2 aromatic carbocycles. The number of nitrogens with zero attached hydrogens (tertiary/aromatic N) is 3. The molecule has 21 heavy (non-hydrogen) atoms. The predicted molar refractivity (Wildman–Crippen MR) is 84.7 cm³/mol. The number of thiazole rings is 1. The minimum atomic E-state index is -0.0151. The Morgan fingerprint density at radius 3 is 2.67 bits per heavy atom. The Morgan fingerprint density at radius 1 is 1.00 bits per heavy atom. The number of fused-ring (bicyclic) bond motifs is 3. The van der Waals surface area contributed by atoms with Crippen LogP contribution in [-0.4, -0.2) is 14.5 Å². The number of benzene rings is 2. The molecule has 0 fully saturated rings. The van der Waals surface area contributed by atoms with Crippen molar-refractivity contribution in [1.82, 2.24) is 14.5 Å². The molecule has 0 aliphatic heterocycles. The second-order valence-electron chi connectivity index (χ2n) is 4.82. The van der Waals surface area contributed by atoms with Gasteiger partial charge in [0, 0.05) is 0 Å². The summed E-state index contributed by atoms with van der Waals surface area (Å²) in [6, 6.07) is 13.7. The Morgan fingerprint density at radius 2 is 1.81 bits per heavy atom. The quantitative estimate of drug-likeness (QED) is 0.570. The molecular weight excluding hydrogens is 282 g/mol. The van der Waals surface area contributed by atoms with Crippen molar-refractivity contribution in [1.29, 1.82) is 0 Å². The van der Waals surface area contributed by atoms with Crippen molar-refractivity contribution in [3.63, 3.8) is 0 Å². The van der Waals surface area contributed by atoms with Crippen molar-refractivity contribution >= 4 is 32.5 Å². The Labute approximate surface area is 124 Å². The molecular formula is C16H11N3OS. The van der Waals surface area contributed by atoms with Gasteiger partial charge in [0.1, 0.15) is 0 Å². The molecule has 0 bridgehead atoms. The van der Waals surface area contributed by atoms with Crippen LogP contribution in [0.4, 0.5) is 0 Å². The summed E-state index contributed by atoms with van der Waals surface area (Å²) in [6.45, 7) is 0.526. The third-order valence-corrected chi connectivity index (χ3v) is 4.34. The van der Waals surface area contributed by atoms with Gasteiger partial charge in [-0.1, -0.05) is 30.3 Å². The lowest BCUT2D eigenvalue weighted by molar-refractivity contribution is 0.749. The van der Waals surface area contributed by atoms with Crippen molar-refractivity contribution in [2.45, 2.75) is 6.54 Å². The van der Waals surface area contributed by atoms with E-state index in [1.165, 1.54) is 11.3 Å². The third-order valence-electron chi connectivity index (χ3n) is 3.48. The highest BCUT2D eigenvalue weighted by molar-refractivity contribution is 7.17. The Hall–Kier alpha value is -2.53. The summed E-state index contributed by atoms with van der Waals surface area (Å²) in [6.07, 6.45) is 1.62. The molecule has 0 spiro atoms. The molecule has 0 amide bonds. The van der Waals surface area contributed by atoms with E-state index in [9.17, 15) is 4.79 Å². The van der Waals surface area contributed by atoms with Crippen molar-refractivity contribution in [2.75, 3.05) is 0 Å². The predicted octanol–water partition coefficient (Wildman–Crippen LogP) is 3.05. The first-order valence-corrected chi connectivity index (χ1v) is 7.46. The third kappa shape index (κ3) is 2.02. The zero-order valence-corrected chi connectivity index (χ0v) is 11.9. The van der Waals surface area contributed by atoms with Gasteiger partial charge in [-0.05, 0) is 17.7 Å². The Bertz CT molecular complexity index is 989. The highest BCUT2D eigenvalue weighted by atomic mass is 32.1. The van der Waals surface area contributed by atoms with Gasteiger partial charge in [0.05, 0.1) is 39.5 Å². The van der Waals surface area contributed by atoms with Gasteiger partial charge in [0.15, 0.2) is 0 Å². The monoisotopic (exact) mass is 293 g/mol. The zero-order chi connectivity index (χ0) is 14.2. The summed E-state index contributed by atoms with van der Waals surface area (Å²) in [4.78, 5) is 21.4. The van der Waals surface area contributed by atoms with Crippen LogP contribution in [0.1, 0.15) is 5.56 Å². The average Bonchev–Trinajstić information content (AvgIpc) is 2.99. The fourth-order valence-corrected chi connectivity index (χ4v) is 3.28.